The minimum Gasteiger partial charge on any atom is -0.487 e. The van der Waals surface area contributed by atoms with Crippen LogP contribution in [0.4, 0.5) is 5.69 Å². The number of anilines is 1. The Labute approximate surface area is 185 Å². The second kappa shape index (κ2) is 9.34. The van der Waals surface area contributed by atoms with Crippen molar-refractivity contribution in [3.63, 3.8) is 0 Å². The van der Waals surface area contributed by atoms with Crippen molar-refractivity contribution in [2.24, 2.45) is 0 Å². The molecule has 0 radical (unpaired) electrons. The Morgan fingerprint density at radius 3 is 2.75 bits per heavy atom. The van der Waals surface area contributed by atoms with Gasteiger partial charge in [-0.2, -0.15) is 0 Å². The molecule has 162 valence electrons. The number of carbonyl (C=O) groups excluding carboxylic acids is 1. The third-order valence-electron chi connectivity index (χ3n) is 5.11. The molecule has 0 saturated heterocycles. The van der Waals surface area contributed by atoms with Gasteiger partial charge in [-0.1, -0.05) is 43.3 Å². The van der Waals surface area contributed by atoms with E-state index >= 15 is 0 Å². The quantitative estimate of drug-likeness (QED) is 0.414. The lowest BCUT2D eigenvalue weighted by atomic mass is 9.99. The molecule has 0 aliphatic rings. The number of H-pyrrole nitrogens is 1. The predicted molar refractivity (Wildman–Crippen MR) is 126 cm³/mol. The zero-order valence-corrected chi connectivity index (χ0v) is 17.7. The van der Waals surface area contributed by atoms with Crippen LogP contribution in [0, 0.1) is 0 Å². The summed E-state index contributed by atoms with van der Waals surface area (Å²) in [5, 5.41) is 3.33. The Morgan fingerprint density at radius 2 is 1.97 bits per heavy atom. The summed E-state index contributed by atoms with van der Waals surface area (Å²) in [5.74, 6) is 0.207. The van der Waals surface area contributed by atoms with E-state index in [-0.39, 0.29) is 11.3 Å². The summed E-state index contributed by atoms with van der Waals surface area (Å²) in [6, 6.07) is 18.8. The van der Waals surface area contributed by atoms with Crippen LogP contribution in [0.5, 0.6) is 5.75 Å². The average Bonchev–Trinajstić information content (AvgIpc) is 2.82. The Bertz CT molecular complexity index is 1320. The van der Waals surface area contributed by atoms with E-state index in [0.717, 1.165) is 23.2 Å². The number of fused-ring (bicyclic) bond motifs is 1. The Hall–Kier alpha value is -4.13. The third-order valence-corrected chi connectivity index (χ3v) is 5.11. The largest absolute Gasteiger partial charge is 0.487 e. The second-order valence-corrected chi connectivity index (χ2v) is 7.36. The van der Waals surface area contributed by atoms with Crippen molar-refractivity contribution in [2.45, 2.75) is 20.0 Å². The maximum atomic E-state index is 12.7. The molecule has 0 unspecified atom stereocenters. The first-order chi connectivity index (χ1) is 15.6. The van der Waals surface area contributed by atoms with Crippen LogP contribution in [-0.2, 0) is 6.61 Å². The molecule has 0 fully saturated rings. The number of carbonyl (C=O) groups is 1. The SMILES string of the molecule is CCCNC(=O)c1c(N)c2cccc(-c3cccc(OCc4ccccn4)c3)c2[nH]c1=O. The molecule has 0 bridgehead atoms. The maximum Gasteiger partial charge on any atom is 0.263 e. The standard InChI is InChI=1S/C25H24N4O3/c1-2-12-28-24(30)21-22(26)20-11-6-10-19(23(20)29-25(21)31)16-7-5-9-18(14-16)32-15-17-8-3-4-13-27-17/h3-11,13-14H,2,12,15H2,1H3,(H,28,30)(H3,26,29,31). The van der Waals surface area contributed by atoms with Crippen LogP contribution < -0.4 is 21.3 Å². The highest BCUT2D eigenvalue weighted by molar-refractivity contribution is 6.08. The number of nitrogens with two attached hydrogens (primary N) is 1. The number of ether oxygens (including phenoxy) is 1. The molecule has 2 aromatic heterocycles. The summed E-state index contributed by atoms with van der Waals surface area (Å²) in [4.78, 5) is 32.3. The molecule has 0 spiro atoms. The Kier molecular flexibility index (Phi) is 6.17. The number of hydrogen-bond acceptors (Lipinski definition) is 5. The highest BCUT2D eigenvalue weighted by atomic mass is 16.5. The fourth-order valence-electron chi connectivity index (χ4n) is 3.53. The summed E-state index contributed by atoms with van der Waals surface area (Å²) >= 11 is 0. The number of nitrogens with zero attached hydrogens (tertiary/aromatic N) is 1. The molecule has 0 saturated carbocycles. The fourth-order valence-corrected chi connectivity index (χ4v) is 3.53. The molecular formula is C25H24N4O3. The molecule has 2 aromatic carbocycles. The highest BCUT2D eigenvalue weighted by Gasteiger charge is 2.18. The molecule has 0 atom stereocenters. The first-order valence-electron chi connectivity index (χ1n) is 10.4. The number of rotatable bonds is 7. The Balaban J connectivity index is 1.71. The van der Waals surface area contributed by atoms with E-state index in [2.05, 4.69) is 15.3 Å². The topological polar surface area (TPSA) is 110 Å². The molecule has 0 aliphatic carbocycles. The summed E-state index contributed by atoms with van der Waals surface area (Å²) in [7, 11) is 0. The summed E-state index contributed by atoms with van der Waals surface area (Å²) in [6.45, 7) is 2.76. The van der Waals surface area contributed by atoms with Crippen molar-refractivity contribution < 1.29 is 9.53 Å². The number of nitrogen functional groups attached to an aromatic ring is 1. The van der Waals surface area contributed by atoms with Gasteiger partial charge in [0.1, 0.15) is 17.9 Å². The van der Waals surface area contributed by atoms with Gasteiger partial charge in [-0.05, 0) is 36.2 Å². The normalized spacial score (nSPS) is 10.8. The van der Waals surface area contributed by atoms with E-state index in [1.54, 1.807) is 12.3 Å². The number of nitrogens with one attached hydrogen (secondary N) is 2. The van der Waals surface area contributed by atoms with Crippen molar-refractivity contribution in [1.82, 2.24) is 15.3 Å². The van der Waals surface area contributed by atoms with Crippen molar-refractivity contribution in [3.8, 4) is 16.9 Å². The minimum atomic E-state index is -0.515. The van der Waals surface area contributed by atoms with Gasteiger partial charge in [0.05, 0.1) is 16.9 Å². The first kappa shape index (κ1) is 21.1. The van der Waals surface area contributed by atoms with E-state index in [9.17, 15) is 9.59 Å². The van der Waals surface area contributed by atoms with E-state index in [0.29, 0.717) is 29.8 Å². The second-order valence-electron chi connectivity index (χ2n) is 7.36. The number of pyridine rings is 2. The number of aromatic nitrogens is 2. The zero-order valence-electron chi connectivity index (χ0n) is 17.7. The van der Waals surface area contributed by atoms with Crippen molar-refractivity contribution in [3.05, 3.63) is 88.5 Å². The highest BCUT2D eigenvalue weighted by Crippen LogP contribution is 2.32. The predicted octanol–water partition coefficient (Wildman–Crippen LogP) is 3.89. The third kappa shape index (κ3) is 4.32. The smallest absolute Gasteiger partial charge is 0.263 e. The zero-order chi connectivity index (χ0) is 22.5. The van der Waals surface area contributed by atoms with E-state index in [4.69, 9.17) is 10.5 Å². The number of benzene rings is 2. The molecule has 7 heteroatoms. The molecule has 7 nitrogen and oxygen atoms in total. The van der Waals surface area contributed by atoms with Crippen molar-refractivity contribution >= 4 is 22.5 Å². The molecule has 4 N–H and O–H groups in total. The molecule has 4 rings (SSSR count). The lowest BCUT2D eigenvalue weighted by Crippen LogP contribution is -2.31. The van der Waals surface area contributed by atoms with Gasteiger partial charge in [0, 0.05) is 23.7 Å². The van der Waals surface area contributed by atoms with Crippen LogP contribution in [0.1, 0.15) is 29.4 Å². The van der Waals surface area contributed by atoms with Gasteiger partial charge in [-0.25, -0.2) is 0 Å². The first-order valence-corrected chi connectivity index (χ1v) is 10.4. The van der Waals surface area contributed by atoms with Gasteiger partial charge >= 0.3 is 0 Å². The number of aromatic amines is 1. The molecular weight excluding hydrogens is 404 g/mol. The summed E-state index contributed by atoms with van der Waals surface area (Å²) in [5.41, 5.74) is 8.90. The van der Waals surface area contributed by atoms with Gasteiger partial charge in [0.2, 0.25) is 0 Å². The van der Waals surface area contributed by atoms with Gasteiger partial charge in [0.25, 0.3) is 11.5 Å². The molecule has 4 aromatic rings. The van der Waals surface area contributed by atoms with Crippen LogP contribution in [0.2, 0.25) is 0 Å². The van der Waals surface area contributed by atoms with Crippen LogP contribution in [-0.4, -0.2) is 22.4 Å². The fraction of sp³-hybridized carbons (Fsp3) is 0.160. The molecule has 1 amide bonds. The lowest BCUT2D eigenvalue weighted by molar-refractivity contribution is 0.0953. The minimum absolute atomic E-state index is 0.0597. The number of para-hydroxylation sites is 1. The molecule has 2 heterocycles. The average molecular weight is 428 g/mol. The molecule has 0 aliphatic heterocycles. The molecule has 32 heavy (non-hydrogen) atoms. The van der Waals surface area contributed by atoms with Crippen molar-refractivity contribution in [2.75, 3.05) is 12.3 Å². The number of hydrogen-bond donors (Lipinski definition) is 3. The van der Waals surface area contributed by atoms with Gasteiger partial charge in [-0.15, -0.1) is 0 Å². The summed E-state index contributed by atoms with van der Waals surface area (Å²) in [6.07, 6.45) is 2.49. The Morgan fingerprint density at radius 1 is 1.12 bits per heavy atom. The number of amides is 1. The summed E-state index contributed by atoms with van der Waals surface area (Å²) < 4.78 is 5.89. The van der Waals surface area contributed by atoms with E-state index < -0.39 is 11.5 Å². The van der Waals surface area contributed by atoms with Crippen LogP contribution in [0.15, 0.2) is 71.7 Å². The van der Waals surface area contributed by atoms with Crippen LogP contribution in [0.3, 0.4) is 0 Å². The lowest BCUT2D eigenvalue weighted by Gasteiger charge is -2.13. The van der Waals surface area contributed by atoms with Gasteiger partial charge < -0.3 is 20.8 Å². The van der Waals surface area contributed by atoms with Crippen LogP contribution >= 0.6 is 0 Å². The van der Waals surface area contributed by atoms with Gasteiger partial charge in [-0.3, -0.25) is 14.6 Å². The van der Waals surface area contributed by atoms with Gasteiger partial charge in [0.15, 0.2) is 0 Å². The van der Waals surface area contributed by atoms with E-state index in [1.165, 1.54) is 0 Å². The maximum absolute atomic E-state index is 12.7. The van der Waals surface area contributed by atoms with E-state index in [1.807, 2.05) is 61.5 Å². The monoisotopic (exact) mass is 428 g/mol. The van der Waals surface area contributed by atoms with Crippen molar-refractivity contribution in [1.29, 1.82) is 0 Å². The van der Waals surface area contributed by atoms with Crippen LogP contribution in [0.25, 0.3) is 22.0 Å².